The lowest BCUT2D eigenvalue weighted by Gasteiger charge is -2.23. The van der Waals surface area contributed by atoms with E-state index in [2.05, 4.69) is 45.6 Å². The summed E-state index contributed by atoms with van der Waals surface area (Å²) in [6.45, 7) is 11.0. The molecule has 1 amide bonds. The number of nitrogens with two attached hydrogens (primary N) is 1. The van der Waals surface area contributed by atoms with Crippen LogP contribution < -0.4 is 10.9 Å². The molecule has 0 aromatic heterocycles. The van der Waals surface area contributed by atoms with E-state index in [1.54, 1.807) is 0 Å². The maximum Gasteiger partial charge on any atom is 0.248 e. The summed E-state index contributed by atoms with van der Waals surface area (Å²) < 4.78 is 0. The first-order valence-corrected chi connectivity index (χ1v) is 9.77. The Balaban J connectivity index is 3.59. The van der Waals surface area contributed by atoms with Crippen molar-refractivity contribution in [3.63, 3.8) is 0 Å². The highest BCUT2D eigenvalue weighted by Crippen LogP contribution is 2.18. The van der Waals surface area contributed by atoms with Gasteiger partial charge in [0.05, 0.1) is 8.07 Å². The Morgan fingerprint density at radius 3 is 2.12 bits per heavy atom. The van der Waals surface area contributed by atoms with Gasteiger partial charge in [-0.25, -0.2) is 0 Å². The van der Waals surface area contributed by atoms with Gasteiger partial charge < -0.3 is 5.73 Å². The fourth-order valence-corrected chi connectivity index (χ4v) is 3.94. The molecule has 0 aliphatic carbocycles. The van der Waals surface area contributed by atoms with Gasteiger partial charge in [-0.05, 0) is 29.2 Å². The first-order valence-electron chi connectivity index (χ1n) is 6.27. The van der Waals surface area contributed by atoms with E-state index in [4.69, 9.17) is 5.73 Å². The molecule has 2 N–H and O–H groups in total. The predicted octanol–water partition coefficient (Wildman–Crippen LogP) is 2.46. The Bertz CT molecular complexity index is 433. The number of amides is 1. The SMILES string of the molecule is CCc1ccc([Si](C)(C)C)c(C(N)=O)c1CC. The van der Waals surface area contributed by atoms with Crippen LogP contribution in [0.15, 0.2) is 12.1 Å². The van der Waals surface area contributed by atoms with Crippen LogP contribution in [0.1, 0.15) is 35.3 Å². The van der Waals surface area contributed by atoms with Crippen LogP contribution in [0.3, 0.4) is 0 Å². The molecule has 2 nitrogen and oxygen atoms in total. The van der Waals surface area contributed by atoms with E-state index in [0.29, 0.717) is 0 Å². The van der Waals surface area contributed by atoms with E-state index in [1.807, 2.05) is 0 Å². The maximum atomic E-state index is 11.8. The molecule has 0 aliphatic rings. The third-order valence-corrected chi connectivity index (χ3v) is 5.23. The van der Waals surface area contributed by atoms with E-state index in [9.17, 15) is 4.79 Å². The fourth-order valence-electron chi connectivity index (χ4n) is 2.33. The van der Waals surface area contributed by atoms with Gasteiger partial charge in [0.15, 0.2) is 0 Å². The molecule has 1 aromatic carbocycles. The summed E-state index contributed by atoms with van der Waals surface area (Å²) in [5.41, 5.74) is 8.80. The van der Waals surface area contributed by atoms with Crippen molar-refractivity contribution in [2.24, 2.45) is 5.73 Å². The Morgan fingerprint density at radius 2 is 1.76 bits per heavy atom. The number of carbonyl (C=O) groups is 1. The Morgan fingerprint density at radius 1 is 1.18 bits per heavy atom. The highest BCUT2D eigenvalue weighted by Gasteiger charge is 2.25. The molecule has 3 heteroatoms. The number of benzene rings is 1. The van der Waals surface area contributed by atoms with E-state index in [1.165, 1.54) is 10.8 Å². The van der Waals surface area contributed by atoms with Crippen molar-refractivity contribution in [1.82, 2.24) is 0 Å². The van der Waals surface area contributed by atoms with Gasteiger partial charge in [0.25, 0.3) is 0 Å². The summed E-state index contributed by atoms with van der Waals surface area (Å²) in [5.74, 6) is -0.269. The molecular formula is C14H23NOSi. The molecule has 1 rings (SSSR count). The number of hydrogen-bond donors (Lipinski definition) is 1. The molecule has 0 fully saturated rings. The Labute approximate surface area is 105 Å². The Hall–Kier alpha value is -1.09. The van der Waals surface area contributed by atoms with Gasteiger partial charge in [0.1, 0.15) is 0 Å². The largest absolute Gasteiger partial charge is 0.366 e. The van der Waals surface area contributed by atoms with Crippen molar-refractivity contribution in [3.8, 4) is 0 Å². The fraction of sp³-hybridized carbons (Fsp3) is 0.500. The summed E-state index contributed by atoms with van der Waals surface area (Å²) in [4.78, 5) is 11.8. The average molecular weight is 249 g/mol. The molecule has 94 valence electrons. The number of hydrogen-bond acceptors (Lipinski definition) is 1. The lowest BCUT2D eigenvalue weighted by Crippen LogP contribution is -2.43. The summed E-state index contributed by atoms with van der Waals surface area (Å²) >= 11 is 0. The van der Waals surface area contributed by atoms with Gasteiger partial charge >= 0.3 is 0 Å². The highest BCUT2D eigenvalue weighted by atomic mass is 28.3. The summed E-state index contributed by atoms with van der Waals surface area (Å²) in [6.07, 6.45) is 1.83. The van der Waals surface area contributed by atoms with E-state index in [-0.39, 0.29) is 5.91 Å². The van der Waals surface area contributed by atoms with Crippen molar-refractivity contribution in [3.05, 3.63) is 28.8 Å². The molecule has 0 atom stereocenters. The molecule has 0 heterocycles. The topological polar surface area (TPSA) is 43.1 Å². The minimum absolute atomic E-state index is 0.269. The van der Waals surface area contributed by atoms with Crippen molar-refractivity contribution >= 4 is 19.2 Å². The third-order valence-electron chi connectivity index (χ3n) is 3.20. The lowest BCUT2D eigenvalue weighted by atomic mass is 9.96. The molecule has 0 radical (unpaired) electrons. The lowest BCUT2D eigenvalue weighted by molar-refractivity contribution is 0.100. The molecule has 0 saturated carbocycles. The molecule has 1 aromatic rings. The van der Waals surface area contributed by atoms with Gasteiger partial charge in [-0.15, -0.1) is 0 Å². The quantitative estimate of drug-likeness (QED) is 0.818. The second kappa shape index (κ2) is 5.04. The highest BCUT2D eigenvalue weighted by molar-refractivity contribution is 6.89. The van der Waals surface area contributed by atoms with Crippen LogP contribution in [-0.4, -0.2) is 14.0 Å². The monoisotopic (exact) mass is 249 g/mol. The van der Waals surface area contributed by atoms with Crippen molar-refractivity contribution in [2.75, 3.05) is 0 Å². The molecule has 0 unspecified atom stereocenters. The van der Waals surface area contributed by atoms with Crippen molar-refractivity contribution in [1.29, 1.82) is 0 Å². The van der Waals surface area contributed by atoms with Crippen molar-refractivity contribution in [2.45, 2.75) is 46.3 Å². The maximum absolute atomic E-state index is 11.8. The zero-order valence-corrected chi connectivity index (χ0v) is 12.6. The van der Waals surface area contributed by atoms with E-state index >= 15 is 0 Å². The van der Waals surface area contributed by atoms with Crippen LogP contribution in [-0.2, 0) is 12.8 Å². The van der Waals surface area contributed by atoms with Gasteiger partial charge in [-0.1, -0.05) is 45.6 Å². The zero-order valence-electron chi connectivity index (χ0n) is 11.6. The molecule has 0 saturated heterocycles. The number of primary amides is 1. The predicted molar refractivity (Wildman–Crippen MR) is 76.7 cm³/mol. The summed E-state index contributed by atoms with van der Waals surface area (Å²) in [6, 6.07) is 4.28. The number of carbonyl (C=O) groups excluding carboxylic acids is 1. The first-order chi connectivity index (χ1) is 7.82. The normalized spacial score (nSPS) is 11.6. The Kier molecular flexibility index (Phi) is 4.15. The van der Waals surface area contributed by atoms with Gasteiger partial charge in [0.2, 0.25) is 5.91 Å². The average Bonchev–Trinajstić information content (AvgIpc) is 2.25. The molecule has 0 aliphatic heterocycles. The summed E-state index contributed by atoms with van der Waals surface area (Å²) in [5, 5.41) is 1.19. The third kappa shape index (κ3) is 2.78. The smallest absolute Gasteiger partial charge is 0.248 e. The van der Waals surface area contributed by atoms with Gasteiger partial charge in [-0.2, -0.15) is 0 Å². The van der Waals surface area contributed by atoms with Crippen LogP contribution in [0, 0.1) is 0 Å². The first kappa shape index (κ1) is 14.0. The molecule has 17 heavy (non-hydrogen) atoms. The van der Waals surface area contributed by atoms with E-state index < -0.39 is 8.07 Å². The minimum atomic E-state index is -1.52. The second-order valence-corrected chi connectivity index (χ2v) is 10.5. The second-order valence-electron chi connectivity index (χ2n) is 5.45. The van der Waals surface area contributed by atoms with Gasteiger partial charge in [-0.3, -0.25) is 4.79 Å². The van der Waals surface area contributed by atoms with Gasteiger partial charge in [0, 0.05) is 5.56 Å². The standard InChI is InChI=1S/C14H23NOSi/c1-6-10-8-9-12(17(3,4)5)13(14(15)16)11(10)7-2/h8-9H,6-7H2,1-5H3,(H2,15,16). The van der Waals surface area contributed by atoms with Crippen LogP contribution in [0.4, 0.5) is 0 Å². The number of aryl methyl sites for hydroxylation is 1. The summed E-state index contributed by atoms with van der Waals surface area (Å²) in [7, 11) is -1.52. The van der Waals surface area contributed by atoms with E-state index in [0.717, 1.165) is 24.0 Å². The van der Waals surface area contributed by atoms with Crippen LogP contribution >= 0.6 is 0 Å². The number of rotatable bonds is 4. The zero-order chi connectivity index (χ0) is 13.2. The van der Waals surface area contributed by atoms with Crippen LogP contribution in [0.5, 0.6) is 0 Å². The van der Waals surface area contributed by atoms with Crippen LogP contribution in [0.25, 0.3) is 0 Å². The molecule has 0 bridgehead atoms. The minimum Gasteiger partial charge on any atom is -0.366 e. The molecular weight excluding hydrogens is 226 g/mol. The van der Waals surface area contributed by atoms with Crippen LogP contribution in [0.2, 0.25) is 19.6 Å². The van der Waals surface area contributed by atoms with Crippen molar-refractivity contribution < 1.29 is 4.79 Å². The molecule has 0 spiro atoms.